The van der Waals surface area contributed by atoms with Gasteiger partial charge in [0.25, 0.3) is 0 Å². The van der Waals surface area contributed by atoms with E-state index in [1.807, 2.05) is 12.1 Å². The van der Waals surface area contributed by atoms with Gasteiger partial charge in [-0.05, 0) is 41.7 Å². The van der Waals surface area contributed by atoms with Crippen LogP contribution in [0.25, 0.3) is 0 Å². The number of carbonyl (C=O) groups is 2. The van der Waals surface area contributed by atoms with Gasteiger partial charge in [-0.1, -0.05) is 50.2 Å². The van der Waals surface area contributed by atoms with Crippen molar-refractivity contribution in [2.24, 2.45) is 0 Å². The number of anilines is 1. The van der Waals surface area contributed by atoms with Crippen LogP contribution in [-0.2, 0) is 21.4 Å². The van der Waals surface area contributed by atoms with E-state index in [2.05, 4.69) is 31.3 Å². The highest BCUT2D eigenvalue weighted by Gasteiger charge is 2.45. The number of alkyl halides is 3. The number of nitrogens with one attached hydrogen (secondary N) is 1. The van der Waals surface area contributed by atoms with Gasteiger partial charge < -0.3 is 15.3 Å². The number of carboxylic acid groups (broad SMARTS) is 1. The van der Waals surface area contributed by atoms with Crippen molar-refractivity contribution < 1.29 is 27.9 Å². The highest BCUT2D eigenvalue weighted by Crippen LogP contribution is 2.41. The van der Waals surface area contributed by atoms with Crippen molar-refractivity contribution >= 4 is 17.6 Å². The van der Waals surface area contributed by atoms with Crippen LogP contribution in [0.2, 0.25) is 0 Å². The molecule has 0 aliphatic heterocycles. The number of benzene rings is 2. The lowest BCUT2D eigenvalue weighted by molar-refractivity contribution is -0.189. The lowest BCUT2D eigenvalue weighted by Crippen LogP contribution is -2.39. The molecular weight excluding hydrogens is 433 g/mol. The van der Waals surface area contributed by atoms with Gasteiger partial charge in [0.15, 0.2) is 6.04 Å². The topological polar surface area (TPSA) is 69.6 Å². The minimum atomic E-state index is -4.67. The Hall–Kier alpha value is -3.03. The number of halogens is 3. The maximum Gasteiger partial charge on any atom is 0.413 e. The molecule has 0 aromatic heterocycles. The SMILES string of the molecule is CN(C(=O)CCCC(=O)O)[C@@H](c1ccc(NC2Cc3ccccc3C2(C)C)cc1)C(F)(F)F. The second kappa shape index (κ2) is 9.45. The van der Waals surface area contributed by atoms with Crippen molar-refractivity contribution in [3.05, 3.63) is 65.2 Å². The molecule has 1 unspecified atom stereocenters. The minimum absolute atomic E-state index is 0.00843. The maximum atomic E-state index is 13.8. The smallest absolute Gasteiger partial charge is 0.413 e. The molecule has 0 spiro atoms. The number of nitrogens with zero attached hydrogens (tertiary/aromatic N) is 1. The van der Waals surface area contributed by atoms with Crippen LogP contribution in [0.3, 0.4) is 0 Å². The molecule has 0 fully saturated rings. The number of hydrogen-bond acceptors (Lipinski definition) is 3. The van der Waals surface area contributed by atoms with Gasteiger partial charge in [0.05, 0.1) is 0 Å². The molecule has 2 N–H and O–H groups in total. The molecule has 33 heavy (non-hydrogen) atoms. The van der Waals surface area contributed by atoms with E-state index >= 15 is 0 Å². The van der Waals surface area contributed by atoms with E-state index in [1.165, 1.54) is 23.3 Å². The molecule has 1 aliphatic rings. The van der Waals surface area contributed by atoms with E-state index in [-0.39, 0.29) is 36.3 Å². The Balaban J connectivity index is 1.74. The summed E-state index contributed by atoms with van der Waals surface area (Å²) >= 11 is 0. The van der Waals surface area contributed by atoms with Gasteiger partial charge in [0, 0.05) is 37.0 Å². The lowest BCUT2D eigenvalue weighted by atomic mass is 9.83. The predicted molar refractivity (Wildman–Crippen MR) is 120 cm³/mol. The van der Waals surface area contributed by atoms with Crippen LogP contribution in [0.5, 0.6) is 0 Å². The van der Waals surface area contributed by atoms with Crippen molar-refractivity contribution in [2.45, 2.75) is 63.2 Å². The van der Waals surface area contributed by atoms with Gasteiger partial charge >= 0.3 is 12.1 Å². The van der Waals surface area contributed by atoms with Crippen LogP contribution in [0, 0.1) is 0 Å². The normalized spacial score (nSPS) is 17.8. The third-order valence-corrected chi connectivity index (χ3v) is 6.45. The Morgan fingerprint density at radius 1 is 1.12 bits per heavy atom. The average molecular weight is 463 g/mol. The summed E-state index contributed by atoms with van der Waals surface area (Å²) in [5, 5.41) is 12.1. The Kier molecular flexibility index (Phi) is 7.05. The zero-order valence-electron chi connectivity index (χ0n) is 18.9. The zero-order chi connectivity index (χ0) is 24.4. The third kappa shape index (κ3) is 5.49. The fraction of sp³-hybridized carbons (Fsp3) is 0.440. The molecule has 178 valence electrons. The summed E-state index contributed by atoms with van der Waals surface area (Å²) in [7, 11) is 1.10. The van der Waals surface area contributed by atoms with E-state index in [4.69, 9.17) is 5.11 Å². The van der Waals surface area contributed by atoms with E-state index < -0.39 is 24.1 Å². The van der Waals surface area contributed by atoms with Crippen LogP contribution in [0.15, 0.2) is 48.5 Å². The van der Waals surface area contributed by atoms with Gasteiger partial charge in [-0.15, -0.1) is 0 Å². The molecule has 0 saturated heterocycles. The molecule has 1 amide bonds. The van der Waals surface area contributed by atoms with Crippen molar-refractivity contribution in [3.63, 3.8) is 0 Å². The minimum Gasteiger partial charge on any atom is -0.481 e. The molecule has 0 heterocycles. The standard InChI is InChI=1S/C25H29F3N2O3/c1-24(2)19-8-5-4-7-17(19)15-20(24)29-18-13-11-16(12-14-18)23(25(26,27)28)30(3)21(31)9-6-10-22(32)33/h4-5,7-8,11-14,20,23,29H,6,9-10,15H2,1-3H3,(H,32,33)/t20?,23-/m0/s1. The predicted octanol–water partition coefficient (Wildman–Crippen LogP) is 5.32. The number of aliphatic carboxylic acids is 1. The van der Waals surface area contributed by atoms with Crippen molar-refractivity contribution in [1.29, 1.82) is 0 Å². The van der Waals surface area contributed by atoms with E-state index in [9.17, 15) is 22.8 Å². The van der Waals surface area contributed by atoms with Gasteiger partial charge in [-0.2, -0.15) is 13.2 Å². The number of fused-ring (bicyclic) bond motifs is 1. The quantitative estimate of drug-likeness (QED) is 0.557. The number of carboxylic acids is 1. The summed E-state index contributed by atoms with van der Waals surface area (Å²) in [6.45, 7) is 4.30. The number of amides is 1. The monoisotopic (exact) mass is 462 g/mol. The molecule has 2 atom stereocenters. The number of hydrogen-bond donors (Lipinski definition) is 2. The molecule has 3 rings (SSSR count). The Labute approximate surface area is 191 Å². The summed E-state index contributed by atoms with van der Waals surface area (Å²) in [5.41, 5.74) is 3.06. The van der Waals surface area contributed by atoms with Gasteiger partial charge in [-0.3, -0.25) is 9.59 Å². The first-order chi connectivity index (χ1) is 15.4. The van der Waals surface area contributed by atoms with Crippen LogP contribution in [-0.4, -0.2) is 41.1 Å². The zero-order valence-corrected chi connectivity index (χ0v) is 18.9. The van der Waals surface area contributed by atoms with Gasteiger partial charge in [0.2, 0.25) is 5.91 Å². The van der Waals surface area contributed by atoms with Crippen LogP contribution >= 0.6 is 0 Å². The molecule has 5 nitrogen and oxygen atoms in total. The maximum absolute atomic E-state index is 13.8. The van der Waals surface area contributed by atoms with Crippen LogP contribution < -0.4 is 5.32 Å². The third-order valence-electron chi connectivity index (χ3n) is 6.45. The summed E-state index contributed by atoms with van der Waals surface area (Å²) in [5.74, 6) is -1.83. The molecule has 0 radical (unpaired) electrons. The fourth-order valence-corrected chi connectivity index (χ4v) is 4.53. The molecule has 2 aromatic carbocycles. The highest BCUT2D eigenvalue weighted by atomic mass is 19.4. The van der Waals surface area contributed by atoms with Gasteiger partial charge in [-0.25, -0.2) is 0 Å². The Morgan fingerprint density at radius 2 is 1.76 bits per heavy atom. The van der Waals surface area contributed by atoms with Crippen LogP contribution in [0.1, 0.15) is 55.8 Å². The van der Waals surface area contributed by atoms with E-state index in [0.717, 1.165) is 13.5 Å². The van der Waals surface area contributed by atoms with Crippen LogP contribution in [0.4, 0.5) is 18.9 Å². The molecule has 1 aliphatic carbocycles. The summed E-state index contributed by atoms with van der Waals surface area (Å²) in [6, 6.07) is 12.2. The second-order valence-corrected chi connectivity index (χ2v) is 9.10. The van der Waals surface area contributed by atoms with Crippen molar-refractivity contribution in [3.8, 4) is 0 Å². The van der Waals surface area contributed by atoms with E-state index in [0.29, 0.717) is 10.6 Å². The fourth-order valence-electron chi connectivity index (χ4n) is 4.53. The summed E-state index contributed by atoms with van der Waals surface area (Å²) in [4.78, 5) is 23.6. The summed E-state index contributed by atoms with van der Waals surface area (Å²) in [6.07, 6.45) is -4.37. The number of rotatable bonds is 8. The molecule has 0 saturated carbocycles. The average Bonchev–Trinajstić information content (AvgIpc) is 2.98. The van der Waals surface area contributed by atoms with Gasteiger partial charge in [0.1, 0.15) is 0 Å². The first kappa shape index (κ1) is 24.6. The van der Waals surface area contributed by atoms with E-state index in [1.54, 1.807) is 12.1 Å². The first-order valence-electron chi connectivity index (χ1n) is 10.9. The number of carbonyl (C=O) groups excluding carboxylic acids is 1. The summed E-state index contributed by atoms with van der Waals surface area (Å²) < 4.78 is 41.5. The second-order valence-electron chi connectivity index (χ2n) is 9.10. The van der Waals surface area contributed by atoms with Crippen molar-refractivity contribution in [2.75, 3.05) is 12.4 Å². The first-order valence-corrected chi connectivity index (χ1v) is 10.9. The largest absolute Gasteiger partial charge is 0.481 e. The molecule has 8 heteroatoms. The van der Waals surface area contributed by atoms with Crippen molar-refractivity contribution in [1.82, 2.24) is 4.90 Å². The lowest BCUT2D eigenvalue weighted by Gasteiger charge is -2.31. The Bertz CT molecular complexity index is 1000. The molecule has 0 bridgehead atoms. The Morgan fingerprint density at radius 3 is 2.33 bits per heavy atom. The molecular formula is C25H29F3N2O3. The molecule has 2 aromatic rings. The highest BCUT2D eigenvalue weighted by molar-refractivity contribution is 5.77.